The molecule has 1 rings (SSSR count). The number of ether oxygens (including phenoxy) is 1. The van der Waals surface area contributed by atoms with Crippen LogP contribution in [-0.2, 0) is 4.74 Å². The molecule has 0 aliphatic heterocycles. The molecule has 2 heteroatoms. The van der Waals surface area contributed by atoms with Crippen molar-refractivity contribution in [3.8, 4) is 0 Å². The zero-order chi connectivity index (χ0) is 8.97. The largest absolute Gasteiger partial charge is 0.484 e. The van der Waals surface area contributed by atoms with E-state index in [-0.39, 0.29) is 0 Å². The lowest BCUT2D eigenvalue weighted by atomic mass is 10.2. The highest BCUT2D eigenvalue weighted by molar-refractivity contribution is 5.79. The molecule has 0 aromatic rings. The summed E-state index contributed by atoms with van der Waals surface area (Å²) in [4.78, 5) is 4.39. The maximum atomic E-state index is 5.16. The van der Waals surface area contributed by atoms with Crippen molar-refractivity contribution in [1.82, 2.24) is 0 Å². The molecular weight excluding hydrogens is 150 g/mol. The Morgan fingerprint density at radius 1 is 1.58 bits per heavy atom. The fraction of sp³-hybridized carbons (Fsp3) is 0.500. The third kappa shape index (κ3) is 2.22. The summed E-state index contributed by atoms with van der Waals surface area (Å²) < 4.78 is 5.16. The summed E-state index contributed by atoms with van der Waals surface area (Å²) in [6.07, 6.45) is 7.06. The topological polar surface area (TPSA) is 21.6 Å². The number of aliphatic imine (C=N–C) groups is 1. The molecule has 0 fully saturated rings. The van der Waals surface area contributed by atoms with E-state index in [1.54, 1.807) is 7.11 Å². The van der Waals surface area contributed by atoms with Crippen LogP contribution in [0.1, 0.15) is 20.3 Å². The van der Waals surface area contributed by atoms with Crippen LogP contribution in [0.3, 0.4) is 0 Å². The average Bonchev–Trinajstić information content (AvgIpc) is 2.51. The van der Waals surface area contributed by atoms with Crippen LogP contribution in [0.4, 0.5) is 0 Å². The van der Waals surface area contributed by atoms with E-state index in [2.05, 4.69) is 24.9 Å². The van der Waals surface area contributed by atoms with Gasteiger partial charge >= 0.3 is 0 Å². The van der Waals surface area contributed by atoms with Crippen LogP contribution in [0.2, 0.25) is 0 Å². The lowest BCUT2D eigenvalue weighted by Gasteiger charge is -2.07. The van der Waals surface area contributed by atoms with E-state index in [1.165, 1.54) is 0 Å². The van der Waals surface area contributed by atoms with Crippen LogP contribution in [0.5, 0.6) is 0 Å². The van der Waals surface area contributed by atoms with Gasteiger partial charge in [0.1, 0.15) is 0 Å². The summed E-state index contributed by atoms with van der Waals surface area (Å²) in [5.41, 5.74) is 1.08. The molecule has 0 N–H and O–H groups in total. The molecule has 0 bridgehead atoms. The minimum atomic E-state index is 0.358. The van der Waals surface area contributed by atoms with Gasteiger partial charge in [-0.2, -0.15) is 0 Å². The fourth-order valence-electron chi connectivity index (χ4n) is 1.07. The maximum Gasteiger partial charge on any atom is 0.190 e. The molecular formula is C10H15NO. The van der Waals surface area contributed by atoms with E-state index < -0.39 is 0 Å². The average molecular weight is 165 g/mol. The van der Waals surface area contributed by atoms with Gasteiger partial charge in [-0.3, -0.25) is 0 Å². The molecule has 2 nitrogen and oxygen atoms in total. The Labute approximate surface area is 73.6 Å². The molecule has 0 heterocycles. The first-order valence-electron chi connectivity index (χ1n) is 4.22. The van der Waals surface area contributed by atoms with E-state index in [4.69, 9.17) is 4.74 Å². The van der Waals surface area contributed by atoms with E-state index in [9.17, 15) is 0 Å². The van der Waals surface area contributed by atoms with Gasteiger partial charge in [-0.1, -0.05) is 26.0 Å². The van der Waals surface area contributed by atoms with E-state index >= 15 is 0 Å². The van der Waals surface area contributed by atoms with Crippen molar-refractivity contribution in [2.45, 2.75) is 20.3 Å². The van der Waals surface area contributed by atoms with Crippen LogP contribution in [0.25, 0.3) is 0 Å². The SMILES string of the molecule is COC(=NC1=CC=CC1)C(C)C. The van der Waals surface area contributed by atoms with Crippen LogP contribution in [0, 0.1) is 5.92 Å². The monoisotopic (exact) mass is 165 g/mol. The molecule has 0 saturated heterocycles. The lowest BCUT2D eigenvalue weighted by molar-refractivity contribution is 0.374. The van der Waals surface area contributed by atoms with Gasteiger partial charge in [-0.05, 0) is 6.08 Å². The Morgan fingerprint density at radius 3 is 2.75 bits per heavy atom. The van der Waals surface area contributed by atoms with Gasteiger partial charge in [0.25, 0.3) is 0 Å². The highest BCUT2D eigenvalue weighted by atomic mass is 16.5. The third-order valence-electron chi connectivity index (χ3n) is 1.71. The highest BCUT2D eigenvalue weighted by Gasteiger charge is 2.06. The molecule has 0 aromatic heterocycles. The third-order valence-corrected chi connectivity index (χ3v) is 1.71. The summed E-state index contributed by atoms with van der Waals surface area (Å²) in [5.74, 6) is 1.17. The summed E-state index contributed by atoms with van der Waals surface area (Å²) in [5, 5.41) is 0. The summed E-state index contributed by atoms with van der Waals surface area (Å²) in [7, 11) is 1.67. The van der Waals surface area contributed by atoms with Crippen molar-refractivity contribution in [3.63, 3.8) is 0 Å². The second-order valence-corrected chi connectivity index (χ2v) is 3.10. The number of hydrogen-bond donors (Lipinski definition) is 0. The van der Waals surface area contributed by atoms with E-state index in [0.717, 1.165) is 18.0 Å². The summed E-state index contributed by atoms with van der Waals surface area (Å²) in [6.45, 7) is 4.15. The predicted molar refractivity (Wildman–Crippen MR) is 51.1 cm³/mol. The van der Waals surface area contributed by atoms with Gasteiger partial charge in [0.15, 0.2) is 5.90 Å². The van der Waals surface area contributed by atoms with Crippen molar-refractivity contribution < 1.29 is 4.74 Å². The molecule has 66 valence electrons. The number of methoxy groups -OCH3 is 1. The molecule has 0 amide bonds. The van der Waals surface area contributed by atoms with Gasteiger partial charge in [0.05, 0.1) is 7.11 Å². The van der Waals surface area contributed by atoms with E-state index in [0.29, 0.717) is 5.92 Å². The van der Waals surface area contributed by atoms with Gasteiger partial charge < -0.3 is 4.74 Å². The number of hydrogen-bond acceptors (Lipinski definition) is 2. The zero-order valence-corrected chi connectivity index (χ0v) is 7.87. The minimum absolute atomic E-state index is 0.358. The quantitative estimate of drug-likeness (QED) is 0.455. The normalized spacial score (nSPS) is 17.0. The molecule has 0 atom stereocenters. The molecule has 1 aliphatic carbocycles. The minimum Gasteiger partial charge on any atom is -0.484 e. The first-order chi connectivity index (χ1) is 5.74. The van der Waals surface area contributed by atoms with Crippen molar-refractivity contribution >= 4 is 5.90 Å². The number of allylic oxidation sites excluding steroid dienone is 3. The van der Waals surface area contributed by atoms with Crippen molar-refractivity contribution in [2.24, 2.45) is 10.9 Å². The fourth-order valence-corrected chi connectivity index (χ4v) is 1.07. The Balaban J connectivity index is 2.64. The van der Waals surface area contributed by atoms with Gasteiger partial charge in [0.2, 0.25) is 0 Å². The predicted octanol–water partition coefficient (Wildman–Crippen LogP) is 2.53. The van der Waals surface area contributed by atoms with Crippen LogP contribution < -0.4 is 0 Å². The zero-order valence-electron chi connectivity index (χ0n) is 7.87. The summed E-state index contributed by atoms with van der Waals surface area (Å²) in [6, 6.07) is 0. The van der Waals surface area contributed by atoms with Crippen LogP contribution in [-0.4, -0.2) is 13.0 Å². The second kappa shape index (κ2) is 4.10. The van der Waals surface area contributed by atoms with Crippen LogP contribution >= 0.6 is 0 Å². The van der Waals surface area contributed by atoms with E-state index in [1.807, 2.05) is 12.2 Å². The second-order valence-electron chi connectivity index (χ2n) is 3.10. The highest BCUT2D eigenvalue weighted by Crippen LogP contribution is 2.13. The first-order valence-corrected chi connectivity index (χ1v) is 4.22. The Kier molecular flexibility index (Phi) is 3.09. The smallest absolute Gasteiger partial charge is 0.190 e. The molecule has 0 spiro atoms. The molecule has 0 aromatic carbocycles. The molecule has 0 saturated carbocycles. The molecule has 12 heavy (non-hydrogen) atoms. The molecule has 0 unspecified atom stereocenters. The van der Waals surface area contributed by atoms with Crippen molar-refractivity contribution in [3.05, 3.63) is 23.9 Å². The number of nitrogens with zero attached hydrogens (tertiary/aromatic N) is 1. The molecule has 1 aliphatic rings. The Morgan fingerprint density at radius 2 is 2.33 bits per heavy atom. The first kappa shape index (κ1) is 9.04. The Bertz CT molecular complexity index is 236. The summed E-state index contributed by atoms with van der Waals surface area (Å²) >= 11 is 0. The lowest BCUT2D eigenvalue weighted by Crippen LogP contribution is -2.09. The number of rotatable bonds is 2. The van der Waals surface area contributed by atoms with Crippen molar-refractivity contribution in [2.75, 3.05) is 7.11 Å². The Hall–Kier alpha value is -1.05. The maximum absolute atomic E-state index is 5.16. The van der Waals surface area contributed by atoms with Gasteiger partial charge in [0, 0.05) is 18.0 Å². The van der Waals surface area contributed by atoms with Crippen LogP contribution in [0.15, 0.2) is 28.9 Å². The van der Waals surface area contributed by atoms with Crippen molar-refractivity contribution in [1.29, 1.82) is 0 Å². The van der Waals surface area contributed by atoms with Gasteiger partial charge in [-0.15, -0.1) is 0 Å². The standard InChI is InChI=1S/C10H15NO/c1-8(2)10(12-3)11-9-6-4-5-7-9/h4-6,8H,7H2,1-3H3. The molecule has 0 radical (unpaired) electrons. The van der Waals surface area contributed by atoms with Gasteiger partial charge in [-0.25, -0.2) is 4.99 Å².